The Bertz CT molecular complexity index is 1100. The zero-order valence-corrected chi connectivity index (χ0v) is 15.8. The summed E-state index contributed by atoms with van der Waals surface area (Å²) in [6.07, 6.45) is 1.41. The SMILES string of the molecule is COc1cc(-c2noc(C3C=Nc4ccc(F)cc4C3=O)n2)cc(OC)c1OC. The van der Waals surface area contributed by atoms with Crippen LogP contribution in [-0.4, -0.2) is 43.5 Å². The van der Waals surface area contributed by atoms with E-state index in [9.17, 15) is 9.18 Å². The molecule has 0 saturated heterocycles. The van der Waals surface area contributed by atoms with Crippen LogP contribution in [-0.2, 0) is 0 Å². The lowest BCUT2D eigenvalue weighted by Crippen LogP contribution is -2.18. The van der Waals surface area contributed by atoms with Crippen molar-refractivity contribution in [1.29, 1.82) is 0 Å². The molecule has 0 spiro atoms. The second kappa shape index (κ2) is 7.34. The van der Waals surface area contributed by atoms with Crippen molar-refractivity contribution in [3.8, 4) is 28.6 Å². The normalized spacial score (nSPS) is 15.2. The van der Waals surface area contributed by atoms with Gasteiger partial charge in [-0.15, -0.1) is 0 Å². The summed E-state index contributed by atoms with van der Waals surface area (Å²) in [5.41, 5.74) is 1.11. The van der Waals surface area contributed by atoms with Gasteiger partial charge in [-0.1, -0.05) is 5.16 Å². The molecule has 0 aliphatic carbocycles. The lowest BCUT2D eigenvalue weighted by molar-refractivity contribution is 0.0971. The van der Waals surface area contributed by atoms with Gasteiger partial charge in [-0.05, 0) is 30.3 Å². The molecule has 1 aromatic heterocycles. The molecule has 0 radical (unpaired) electrons. The van der Waals surface area contributed by atoms with Crippen molar-refractivity contribution in [3.05, 3.63) is 47.6 Å². The Balaban J connectivity index is 1.70. The fourth-order valence-corrected chi connectivity index (χ4v) is 3.07. The first-order chi connectivity index (χ1) is 14.0. The first-order valence-electron chi connectivity index (χ1n) is 8.57. The van der Waals surface area contributed by atoms with E-state index < -0.39 is 11.7 Å². The van der Waals surface area contributed by atoms with Crippen molar-refractivity contribution in [1.82, 2.24) is 10.1 Å². The van der Waals surface area contributed by atoms with Gasteiger partial charge in [0, 0.05) is 17.3 Å². The van der Waals surface area contributed by atoms with E-state index in [0.717, 1.165) is 6.07 Å². The third kappa shape index (κ3) is 3.20. The van der Waals surface area contributed by atoms with Crippen molar-refractivity contribution in [3.63, 3.8) is 0 Å². The van der Waals surface area contributed by atoms with Crippen LogP contribution in [0.2, 0.25) is 0 Å². The summed E-state index contributed by atoms with van der Waals surface area (Å²) in [7, 11) is 4.49. The fourth-order valence-electron chi connectivity index (χ4n) is 3.07. The summed E-state index contributed by atoms with van der Waals surface area (Å²) < 4.78 is 34.8. The number of hydrogen-bond donors (Lipinski definition) is 0. The summed E-state index contributed by atoms with van der Waals surface area (Å²) in [6.45, 7) is 0. The van der Waals surface area contributed by atoms with Crippen LogP contribution in [0.4, 0.5) is 10.1 Å². The zero-order valence-electron chi connectivity index (χ0n) is 15.8. The molecule has 1 atom stereocenters. The molecule has 2 aromatic carbocycles. The van der Waals surface area contributed by atoms with Crippen LogP contribution in [0.15, 0.2) is 39.8 Å². The number of carbonyl (C=O) groups excluding carboxylic acids is 1. The van der Waals surface area contributed by atoms with Gasteiger partial charge in [0.05, 0.1) is 27.0 Å². The minimum atomic E-state index is -0.896. The Kier molecular flexibility index (Phi) is 4.71. The summed E-state index contributed by atoms with van der Waals surface area (Å²) in [4.78, 5) is 21.3. The van der Waals surface area contributed by atoms with Gasteiger partial charge in [-0.2, -0.15) is 4.98 Å². The fraction of sp³-hybridized carbons (Fsp3) is 0.200. The molecule has 0 saturated carbocycles. The zero-order chi connectivity index (χ0) is 20.5. The highest BCUT2D eigenvalue weighted by Crippen LogP contribution is 2.41. The molecule has 148 valence electrons. The molecule has 0 N–H and O–H groups in total. The van der Waals surface area contributed by atoms with Gasteiger partial charge < -0.3 is 18.7 Å². The maximum absolute atomic E-state index is 13.5. The molecule has 2 heterocycles. The number of carbonyl (C=O) groups is 1. The Hall–Kier alpha value is -3.75. The van der Waals surface area contributed by atoms with Crippen LogP contribution in [0.1, 0.15) is 22.2 Å². The third-order valence-corrected chi connectivity index (χ3v) is 4.50. The molecule has 1 aliphatic rings. The van der Waals surface area contributed by atoms with Gasteiger partial charge in [0.1, 0.15) is 11.7 Å². The maximum Gasteiger partial charge on any atom is 0.243 e. The van der Waals surface area contributed by atoms with Gasteiger partial charge in [0.25, 0.3) is 0 Å². The van der Waals surface area contributed by atoms with E-state index in [1.165, 1.54) is 39.7 Å². The number of ketones is 1. The molecule has 9 heteroatoms. The number of nitrogens with zero attached hydrogens (tertiary/aromatic N) is 3. The molecule has 29 heavy (non-hydrogen) atoms. The Morgan fingerprint density at radius 3 is 2.41 bits per heavy atom. The van der Waals surface area contributed by atoms with Crippen molar-refractivity contribution >= 4 is 17.7 Å². The number of fused-ring (bicyclic) bond motifs is 1. The molecule has 1 unspecified atom stereocenters. The van der Waals surface area contributed by atoms with E-state index >= 15 is 0 Å². The lowest BCUT2D eigenvalue weighted by Gasteiger charge is -2.14. The van der Waals surface area contributed by atoms with Gasteiger partial charge in [-0.25, -0.2) is 4.39 Å². The number of Topliss-reactive ketones (excluding diaryl/α,β-unsaturated/α-hetero) is 1. The molecule has 0 amide bonds. The minimum Gasteiger partial charge on any atom is -0.493 e. The topological polar surface area (TPSA) is 96.0 Å². The highest BCUT2D eigenvalue weighted by Gasteiger charge is 2.31. The standard InChI is InChI=1S/C20H16FN3O5/c1-26-15-6-10(7-16(27-2)18(15)28-3)19-23-20(29-24-19)13-9-22-14-5-4-11(21)8-12(14)17(13)25/h4-9,13H,1-3H3. The minimum absolute atomic E-state index is 0.0532. The first kappa shape index (κ1) is 18.6. The molecule has 8 nitrogen and oxygen atoms in total. The average molecular weight is 397 g/mol. The monoisotopic (exact) mass is 397 g/mol. The van der Waals surface area contributed by atoms with E-state index in [2.05, 4.69) is 15.1 Å². The highest BCUT2D eigenvalue weighted by atomic mass is 19.1. The van der Waals surface area contributed by atoms with Gasteiger partial charge in [0.15, 0.2) is 17.3 Å². The molecular weight excluding hydrogens is 381 g/mol. The van der Waals surface area contributed by atoms with E-state index in [0.29, 0.717) is 28.5 Å². The highest BCUT2D eigenvalue weighted by molar-refractivity contribution is 6.15. The lowest BCUT2D eigenvalue weighted by atomic mass is 9.94. The molecule has 4 rings (SSSR count). The van der Waals surface area contributed by atoms with E-state index in [4.69, 9.17) is 18.7 Å². The largest absolute Gasteiger partial charge is 0.493 e. The number of halogens is 1. The van der Waals surface area contributed by atoms with E-state index in [-0.39, 0.29) is 23.1 Å². The van der Waals surface area contributed by atoms with Crippen LogP contribution in [0, 0.1) is 5.82 Å². The molecule has 3 aromatic rings. The molecule has 1 aliphatic heterocycles. The van der Waals surface area contributed by atoms with E-state index in [1.54, 1.807) is 12.1 Å². The predicted octanol–water partition coefficient (Wildman–Crippen LogP) is 3.58. The number of benzene rings is 2. The predicted molar refractivity (Wildman–Crippen MR) is 101 cm³/mol. The number of ether oxygens (including phenoxy) is 3. The van der Waals surface area contributed by atoms with Crippen molar-refractivity contribution in [2.45, 2.75) is 5.92 Å². The summed E-state index contributed by atoms with van der Waals surface area (Å²) in [5, 5.41) is 3.95. The number of aliphatic imine (C=N–C) groups is 1. The maximum atomic E-state index is 13.5. The van der Waals surface area contributed by atoms with E-state index in [1.807, 2.05) is 0 Å². The van der Waals surface area contributed by atoms with Crippen LogP contribution in [0.25, 0.3) is 11.4 Å². The second-order valence-corrected chi connectivity index (χ2v) is 6.15. The van der Waals surface area contributed by atoms with Crippen molar-refractivity contribution in [2.24, 2.45) is 4.99 Å². The number of hydrogen-bond acceptors (Lipinski definition) is 8. The third-order valence-electron chi connectivity index (χ3n) is 4.50. The van der Waals surface area contributed by atoms with Gasteiger partial charge in [0.2, 0.25) is 17.5 Å². The summed E-state index contributed by atoms with van der Waals surface area (Å²) >= 11 is 0. The number of methoxy groups -OCH3 is 3. The number of rotatable bonds is 5. The Labute approximate surface area is 164 Å². The van der Waals surface area contributed by atoms with Crippen molar-refractivity contribution < 1.29 is 27.9 Å². The first-order valence-corrected chi connectivity index (χ1v) is 8.57. The van der Waals surface area contributed by atoms with Crippen LogP contribution < -0.4 is 14.2 Å². The van der Waals surface area contributed by atoms with Crippen molar-refractivity contribution in [2.75, 3.05) is 21.3 Å². The van der Waals surface area contributed by atoms with Crippen LogP contribution >= 0.6 is 0 Å². The Morgan fingerprint density at radius 1 is 1.03 bits per heavy atom. The smallest absolute Gasteiger partial charge is 0.243 e. The van der Waals surface area contributed by atoms with Crippen LogP contribution in [0.5, 0.6) is 17.2 Å². The average Bonchev–Trinajstić information content (AvgIpc) is 3.23. The van der Waals surface area contributed by atoms with Gasteiger partial charge in [-0.3, -0.25) is 9.79 Å². The molecule has 0 fully saturated rings. The second-order valence-electron chi connectivity index (χ2n) is 6.15. The number of aromatic nitrogens is 2. The molecule has 0 bridgehead atoms. The molecular formula is C20H16FN3O5. The van der Waals surface area contributed by atoms with Crippen LogP contribution in [0.3, 0.4) is 0 Å². The summed E-state index contributed by atoms with van der Waals surface area (Å²) in [5.74, 6) is -0.224. The van der Waals surface area contributed by atoms with Gasteiger partial charge >= 0.3 is 0 Å². The summed E-state index contributed by atoms with van der Waals surface area (Å²) in [6, 6.07) is 7.18. The Morgan fingerprint density at radius 2 is 1.76 bits per heavy atom. The quantitative estimate of drug-likeness (QED) is 0.649.